The zero-order valence-corrected chi connectivity index (χ0v) is 10.8. The van der Waals surface area contributed by atoms with Crippen molar-refractivity contribution in [3.63, 3.8) is 0 Å². The van der Waals surface area contributed by atoms with E-state index < -0.39 is 0 Å². The Balaban J connectivity index is 2.24. The molecule has 1 aliphatic heterocycles. The van der Waals surface area contributed by atoms with E-state index >= 15 is 0 Å². The number of hydrogen-bond acceptors (Lipinski definition) is 2. The standard InChI is InChI=1S/C13H24N2O/c1-12(2,3)11(16)15-8-10-5-4-6-13(15,7-10)9-14/h10H,4-9,14H2,1-3H3. The van der Waals surface area contributed by atoms with Gasteiger partial charge in [-0.05, 0) is 25.2 Å². The molecule has 2 N–H and O–H groups in total. The minimum atomic E-state index is -0.278. The van der Waals surface area contributed by atoms with Crippen LogP contribution in [0.25, 0.3) is 0 Å². The lowest BCUT2D eigenvalue weighted by atomic mass is 9.79. The molecule has 92 valence electrons. The van der Waals surface area contributed by atoms with Crippen molar-refractivity contribution in [2.24, 2.45) is 17.1 Å². The molecular formula is C13H24N2O. The molecule has 0 aromatic heterocycles. The van der Waals surface area contributed by atoms with Crippen LogP contribution in [0, 0.1) is 11.3 Å². The number of hydrogen-bond donors (Lipinski definition) is 1. The zero-order valence-electron chi connectivity index (χ0n) is 10.8. The van der Waals surface area contributed by atoms with E-state index in [2.05, 4.69) is 4.90 Å². The summed E-state index contributed by atoms with van der Waals surface area (Å²) in [6.07, 6.45) is 4.73. The quantitative estimate of drug-likeness (QED) is 0.737. The highest BCUT2D eigenvalue weighted by atomic mass is 16.2. The molecule has 0 spiro atoms. The highest BCUT2D eigenvalue weighted by molar-refractivity contribution is 5.82. The molecule has 1 saturated carbocycles. The second-order valence-corrected chi connectivity index (χ2v) is 6.56. The molecule has 2 bridgehead atoms. The van der Waals surface area contributed by atoms with Gasteiger partial charge >= 0.3 is 0 Å². The fraction of sp³-hybridized carbons (Fsp3) is 0.923. The lowest BCUT2D eigenvalue weighted by Gasteiger charge is -2.41. The summed E-state index contributed by atoms with van der Waals surface area (Å²) in [5, 5.41) is 0. The Hall–Kier alpha value is -0.570. The van der Waals surface area contributed by atoms with E-state index in [1.807, 2.05) is 20.8 Å². The molecular weight excluding hydrogens is 200 g/mol. The van der Waals surface area contributed by atoms with Crippen molar-refractivity contribution < 1.29 is 4.79 Å². The highest BCUT2D eigenvalue weighted by Gasteiger charge is 2.50. The first-order valence-corrected chi connectivity index (χ1v) is 6.41. The summed E-state index contributed by atoms with van der Waals surface area (Å²) in [4.78, 5) is 14.5. The van der Waals surface area contributed by atoms with Crippen molar-refractivity contribution in [2.75, 3.05) is 13.1 Å². The molecule has 1 aliphatic carbocycles. The summed E-state index contributed by atoms with van der Waals surface area (Å²) in [6.45, 7) is 7.57. The summed E-state index contributed by atoms with van der Waals surface area (Å²) in [5.41, 5.74) is 5.67. The molecule has 1 amide bonds. The molecule has 2 aliphatic rings. The van der Waals surface area contributed by atoms with Gasteiger partial charge in [-0.25, -0.2) is 0 Å². The third-order valence-electron chi connectivity index (χ3n) is 4.20. The number of carbonyl (C=O) groups is 1. The van der Waals surface area contributed by atoms with Gasteiger partial charge in [-0.3, -0.25) is 4.79 Å². The van der Waals surface area contributed by atoms with E-state index in [0.717, 1.165) is 19.4 Å². The predicted molar refractivity (Wildman–Crippen MR) is 64.9 cm³/mol. The van der Waals surface area contributed by atoms with Crippen LogP contribution in [0.3, 0.4) is 0 Å². The maximum atomic E-state index is 12.4. The third kappa shape index (κ3) is 1.75. The van der Waals surface area contributed by atoms with Gasteiger partial charge in [0.1, 0.15) is 0 Å². The minimum absolute atomic E-state index is 0.00667. The van der Waals surface area contributed by atoms with Gasteiger partial charge in [0.15, 0.2) is 0 Å². The Kier molecular flexibility index (Phi) is 2.77. The smallest absolute Gasteiger partial charge is 0.228 e. The van der Waals surface area contributed by atoms with Gasteiger partial charge in [0, 0.05) is 18.5 Å². The second-order valence-electron chi connectivity index (χ2n) is 6.56. The number of fused-ring (bicyclic) bond motifs is 2. The van der Waals surface area contributed by atoms with E-state index in [0.29, 0.717) is 12.5 Å². The summed E-state index contributed by atoms with van der Waals surface area (Å²) in [7, 11) is 0. The Bertz CT molecular complexity index is 295. The number of rotatable bonds is 1. The number of carbonyl (C=O) groups excluding carboxylic acids is 1. The van der Waals surface area contributed by atoms with Crippen molar-refractivity contribution in [1.82, 2.24) is 4.90 Å². The zero-order chi connectivity index (χ0) is 12.0. The SMILES string of the molecule is CC(C)(C)C(=O)N1CC2CCCC1(CN)C2. The maximum Gasteiger partial charge on any atom is 0.228 e. The van der Waals surface area contributed by atoms with Gasteiger partial charge in [0.05, 0.1) is 5.54 Å². The fourth-order valence-corrected chi connectivity index (χ4v) is 3.31. The van der Waals surface area contributed by atoms with Gasteiger partial charge in [-0.2, -0.15) is 0 Å². The average molecular weight is 224 g/mol. The second kappa shape index (κ2) is 3.73. The molecule has 0 aromatic rings. The van der Waals surface area contributed by atoms with Crippen molar-refractivity contribution in [3.8, 4) is 0 Å². The maximum absolute atomic E-state index is 12.4. The minimum Gasteiger partial charge on any atom is -0.335 e. The monoisotopic (exact) mass is 224 g/mol. The summed E-state index contributed by atoms with van der Waals surface area (Å²) in [6, 6.07) is 0. The van der Waals surface area contributed by atoms with Gasteiger partial charge in [0.2, 0.25) is 5.91 Å². The number of nitrogens with two attached hydrogens (primary N) is 1. The average Bonchev–Trinajstić information content (AvgIpc) is 2.48. The molecule has 0 radical (unpaired) electrons. The summed E-state index contributed by atoms with van der Waals surface area (Å²) in [5.74, 6) is 0.978. The van der Waals surface area contributed by atoms with E-state index in [-0.39, 0.29) is 16.9 Å². The molecule has 2 atom stereocenters. The largest absolute Gasteiger partial charge is 0.335 e. The van der Waals surface area contributed by atoms with Gasteiger partial charge in [0.25, 0.3) is 0 Å². The van der Waals surface area contributed by atoms with Gasteiger partial charge in [-0.1, -0.05) is 27.2 Å². The van der Waals surface area contributed by atoms with Crippen LogP contribution in [0.2, 0.25) is 0 Å². The lowest BCUT2D eigenvalue weighted by molar-refractivity contribution is -0.143. The summed E-state index contributed by atoms with van der Waals surface area (Å²) < 4.78 is 0. The van der Waals surface area contributed by atoms with Gasteiger partial charge < -0.3 is 10.6 Å². The van der Waals surface area contributed by atoms with Crippen LogP contribution in [0.1, 0.15) is 46.5 Å². The van der Waals surface area contributed by atoms with Crippen molar-refractivity contribution in [3.05, 3.63) is 0 Å². The first-order valence-electron chi connectivity index (χ1n) is 6.41. The Labute approximate surface area is 98.4 Å². The van der Waals surface area contributed by atoms with Crippen LogP contribution in [-0.4, -0.2) is 29.4 Å². The van der Waals surface area contributed by atoms with E-state index in [1.165, 1.54) is 12.8 Å². The Morgan fingerprint density at radius 3 is 2.75 bits per heavy atom. The van der Waals surface area contributed by atoms with Crippen LogP contribution in [0.15, 0.2) is 0 Å². The molecule has 0 aromatic carbocycles. The molecule has 2 rings (SSSR count). The first-order chi connectivity index (χ1) is 7.39. The highest BCUT2D eigenvalue weighted by Crippen LogP contribution is 2.44. The molecule has 2 fully saturated rings. The predicted octanol–water partition coefficient (Wildman–Crippen LogP) is 1.76. The molecule has 3 heteroatoms. The lowest BCUT2D eigenvalue weighted by Crippen LogP contribution is -2.55. The number of likely N-dealkylation sites (tertiary alicyclic amines) is 1. The molecule has 1 saturated heterocycles. The van der Waals surface area contributed by atoms with E-state index in [9.17, 15) is 4.79 Å². The van der Waals surface area contributed by atoms with Crippen molar-refractivity contribution in [2.45, 2.75) is 52.0 Å². The normalized spacial score (nSPS) is 34.2. The van der Waals surface area contributed by atoms with Crippen LogP contribution >= 0.6 is 0 Å². The van der Waals surface area contributed by atoms with Crippen LogP contribution in [0.5, 0.6) is 0 Å². The molecule has 2 unspecified atom stereocenters. The van der Waals surface area contributed by atoms with Crippen LogP contribution in [0.4, 0.5) is 0 Å². The van der Waals surface area contributed by atoms with E-state index in [4.69, 9.17) is 5.73 Å². The van der Waals surface area contributed by atoms with Crippen LogP contribution in [-0.2, 0) is 4.79 Å². The fourth-order valence-electron chi connectivity index (χ4n) is 3.31. The Morgan fingerprint density at radius 1 is 1.50 bits per heavy atom. The number of nitrogens with zero attached hydrogens (tertiary/aromatic N) is 1. The third-order valence-corrected chi connectivity index (χ3v) is 4.20. The van der Waals surface area contributed by atoms with Crippen LogP contribution < -0.4 is 5.73 Å². The topological polar surface area (TPSA) is 46.3 Å². The van der Waals surface area contributed by atoms with Gasteiger partial charge in [-0.15, -0.1) is 0 Å². The number of amides is 1. The summed E-state index contributed by atoms with van der Waals surface area (Å²) >= 11 is 0. The molecule has 16 heavy (non-hydrogen) atoms. The van der Waals surface area contributed by atoms with Crippen molar-refractivity contribution in [1.29, 1.82) is 0 Å². The van der Waals surface area contributed by atoms with E-state index in [1.54, 1.807) is 0 Å². The molecule has 1 heterocycles. The molecule has 3 nitrogen and oxygen atoms in total. The Morgan fingerprint density at radius 2 is 2.19 bits per heavy atom. The first kappa shape index (κ1) is 11.9. The van der Waals surface area contributed by atoms with Crippen molar-refractivity contribution >= 4 is 5.91 Å².